The summed E-state index contributed by atoms with van der Waals surface area (Å²) in [5.41, 5.74) is 0.0637. The summed E-state index contributed by atoms with van der Waals surface area (Å²) in [5.74, 6) is 0.922. The Morgan fingerprint density at radius 1 is 1.30 bits per heavy atom. The van der Waals surface area contributed by atoms with E-state index in [4.69, 9.17) is 4.74 Å². The minimum absolute atomic E-state index is 0.0637. The van der Waals surface area contributed by atoms with Gasteiger partial charge in [0, 0.05) is 25.7 Å². The summed E-state index contributed by atoms with van der Waals surface area (Å²) in [7, 11) is 1.88. The van der Waals surface area contributed by atoms with Gasteiger partial charge in [-0.2, -0.15) is 0 Å². The summed E-state index contributed by atoms with van der Waals surface area (Å²) in [4.78, 5) is 2.72. The summed E-state index contributed by atoms with van der Waals surface area (Å²) >= 11 is 0. The molecule has 0 spiro atoms. The van der Waals surface area contributed by atoms with E-state index < -0.39 is 0 Å². The largest absolute Gasteiger partial charge is 0.377 e. The number of likely N-dealkylation sites (N-methyl/N-ethyl adjacent to an activating group) is 1. The molecule has 0 aromatic heterocycles. The molecule has 3 heteroatoms. The summed E-state index contributed by atoms with van der Waals surface area (Å²) in [6, 6.07) is 1.39. The normalized spacial score (nSPS) is 39.9. The first-order valence-corrected chi connectivity index (χ1v) is 8.64. The molecule has 2 aliphatic rings. The molecule has 4 unspecified atom stereocenters. The minimum atomic E-state index is 0.0637. The molecule has 0 aromatic rings. The maximum Gasteiger partial charge on any atom is 0.0777 e. The zero-order valence-corrected chi connectivity index (χ0v) is 14.0. The first-order chi connectivity index (χ1) is 9.61. The second-order valence-electron chi connectivity index (χ2n) is 7.05. The molecule has 20 heavy (non-hydrogen) atoms. The molecule has 3 nitrogen and oxygen atoms in total. The molecule has 2 fully saturated rings. The van der Waals surface area contributed by atoms with Gasteiger partial charge in [-0.05, 0) is 58.0 Å². The van der Waals surface area contributed by atoms with Crippen molar-refractivity contribution in [1.29, 1.82) is 0 Å². The number of methoxy groups -OCH3 is 1. The van der Waals surface area contributed by atoms with Crippen molar-refractivity contribution < 1.29 is 4.74 Å². The van der Waals surface area contributed by atoms with Crippen LogP contribution in [0.1, 0.15) is 59.3 Å². The highest BCUT2D eigenvalue weighted by Gasteiger charge is 2.39. The molecule has 2 rings (SSSR count). The Kier molecular flexibility index (Phi) is 5.88. The summed E-state index contributed by atoms with van der Waals surface area (Å²) in [6.45, 7) is 10.3. The highest BCUT2D eigenvalue weighted by molar-refractivity contribution is 4.95. The Morgan fingerprint density at radius 2 is 2.10 bits per heavy atom. The van der Waals surface area contributed by atoms with E-state index in [1.807, 2.05) is 7.11 Å². The number of rotatable bonds is 5. The van der Waals surface area contributed by atoms with E-state index >= 15 is 0 Å². The minimum Gasteiger partial charge on any atom is -0.377 e. The van der Waals surface area contributed by atoms with Crippen LogP contribution in [0.5, 0.6) is 0 Å². The third-order valence-corrected chi connectivity index (χ3v) is 5.62. The molecule has 0 aromatic carbocycles. The molecule has 1 saturated heterocycles. The van der Waals surface area contributed by atoms with Crippen molar-refractivity contribution in [1.82, 2.24) is 10.2 Å². The molecule has 0 radical (unpaired) electrons. The lowest BCUT2D eigenvalue weighted by Gasteiger charge is -2.48. The monoisotopic (exact) mass is 282 g/mol. The predicted octanol–water partition coefficient (Wildman–Crippen LogP) is 3.04. The van der Waals surface area contributed by atoms with Crippen LogP contribution in [0.25, 0.3) is 0 Å². The molecule has 118 valence electrons. The van der Waals surface area contributed by atoms with Gasteiger partial charge in [0.2, 0.25) is 0 Å². The Bertz CT molecular complexity index is 297. The van der Waals surface area contributed by atoms with Crippen LogP contribution in [0.15, 0.2) is 0 Å². The molecule has 4 atom stereocenters. The van der Waals surface area contributed by atoms with Crippen LogP contribution in [-0.2, 0) is 4.74 Å². The molecule has 1 aliphatic carbocycles. The molecule has 1 saturated carbocycles. The van der Waals surface area contributed by atoms with Crippen LogP contribution < -0.4 is 5.32 Å². The van der Waals surface area contributed by atoms with Gasteiger partial charge in [-0.1, -0.05) is 20.3 Å². The Hall–Kier alpha value is -0.120. The second kappa shape index (κ2) is 7.24. The maximum absolute atomic E-state index is 5.79. The molecule has 0 bridgehead atoms. The molecule has 1 heterocycles. The predicted molar refractivity (Wildman–Crippen MR) is 85.1 cm³/mol. The molecule has 1 aliphatic heterocycles. The van der Waals surface area contributed by atoms with Crippen LogP contribution in [0, 0.1) is 5.92 Å². The Labute approximate surface area is 125 Å². The quantitative estimate of drug-likeness (QED) is 0.839. The van der Waals surface area contributed by atoms with Gasteiger partial charge in [-0.25, -0.2) is 0 Å². The van der Waals surface area contributed by atoms with Crippen molar-refractivity contribution in [2.24, 2.45) is 5.92 Å². The number of hydrogen-bond donors (Lipinski definition) is 1. The summed E-state index contributed by atoms with van der Waals surface area (Å²) in [6.07, 6.45) is 7.93. The number of ether oxygens (including phenoxy) is 1. The fourth-order valence-electron chi connectivity index (χ4n) is 4.20. The number of nitrogens with one attached hydrogen (secondary N) is 1. The van der Waals surface area contributed by atoms with Crippen LogP contribution in [0.4, 0.5) is 0 Å². The van der Waals surface area contributed by atoms with Gasteiger partial charge in [0.1, 0.15) is 0 Å². The van der Waals surface area contributed by atoms with E-state index in [1.165, 1.54) is 45.1 Å². The van der Waals surface area contributed by atoms with Crippen molar-refractivity contribution >= 4 is 0 Å². The van der Waals surface area contributed by atoms with Crippen molar-refractivity contribution in [3.05, 3.63) is 0 Å². The SMILES string of the molecule is CCNC1CCC(CC)CC1N1CCCC(C)(OC)C1. The van der Waals surface area contributed by atoms with Crippen molar-refractivity contribution in [2.75, 3.05) is 26.7 Å². The summed E-state index contributed by atoms with van der Waals surface area (Å²) in [5, 5.41) is 3.74. The van der Waals surface area contributed by atoms with Crippen LogP contribution in [0.2, 0.25) is 0 Å². The number of likely N-dealkylation sites (tertiary alicyclic amines) is 1. The van der Waals surface area contributed by atoms with Gasteiger partial charge in [-0.3, -0.25) is 4.90 Å². The number of nitrogens with zero attached hydrogens (tertiary/aromatic N) is 1. The topological polar surface area (TPSA) is 24.5 Å². The highest BCUT2D eigenvalue weighted by Crippen LogP contribution is 2.34. The van der Waals surface area contributed by atoms with Gasteiger partial charge >= 0.3 is 0 Å². The number of hydrogen-bond acceptors (Lipinski definition) is 3. The lowest BCUT2D eigenvalue weighted by molar-refractivity contribution is -0.0710. The highest BCUT2D eigenvalue weighted by atomic mass is 16.5. The Balaban J connectivity index is 2.04. The molecular formula is C17H34N2O. The van der Waals surface area contributed by atoms with Crippen LogP contribution in [0.3, 0.4) is 0 Å². The van der Waals surface area contributed by atoms with Gasteiger partial charge < -0.3 is 10.1 Å². The van der Waals surface area contributed by atoms with Crippen LogP contribution in [-0.4, -0.2) is 49.3 Å². The average molecular weight is 282 g/mol. The standard InChI is InChI=1S/C17H34N2O/c1-5-14-8-9-15(18-6-2)16(12-14)19-11-7-10-17(3,13-19)20-4/h14-16,18H,5-13H2,1-4H3. The van der Waals surface area contributed by atoms with Crippen molar-refractivity contribution in [2.45, 2.75) is 77.0 Å². The van der Waals surface area contributed by atoms with Gasteiger partial charge in [0.05, 0.1) is 5.60 Å². The third-order valence-electron chi connectivity index (χ3n) is 5.62. The fourth-order valence-corrected chi connectivity index (χ4v) is 4.20. The second-order valence-corrected chi connectivity index (χ2v) is 7.05. The fraction of sp³-hybridized carbons (Fsp3) is 1.00. The first-order valence-electron chi connectivity index (χ1n) is 8.64. The first kappa shape index (κ1) is 16.3. The smallest absolute Gasteiger partial charge is 0.0777 e. The zero-order valence-electron chi connectivity index (χ0n) is 14.0. The van der Waals surface area contributed by atoms with Crippen LogP contribution >= 0.6 is 0 Å². The third kappa shape index (κ3) is 3.75. The maximum atomic E-state index is 5.79. The molecule has 0 amide bonds. The van der Waals surface area contributed by atoms with E-state index in [2.05, 4.69) is 31.0 Å². The lowest BCUT2D eigenvalue weighted by Crippen LogP contribution is -2.59. The van der Waals surface area contributed by atoms with E-state index in [0.717, 1.165) is 19.0 Å². The summed E-state index contributed by atoms with van der Waals surface area (Å²) < 4.78 is 5.79. The van der Waals surface area contributed by atoms with Gasteiger partial charge in [0.15, 0.2) is 0 Å². The van der Waals surface area contributed by atoms with Crippen molar-refractivity contribution in [3.8, 4) is 0 Å². The van der Waals surface area contributed by atoms with Crippen molar-refractivity contribution in [3.63, 3.8) is 0 Å². The molecular weight excluding hydrogens is 248 g/mol. The lowest BCUT2D eigenvalue weighted by atomic mass is 9.79. The van der Waals surface area contributed by atoms with Gasteiger partial charge in [0.25, 0.3) is 0 Å². The van der Waals surface area contributed by atoms with E-state index in [1.54, 1.807) is 0 Å². The zero-order chi connectivity index (χ0) is 14.6. The number of piperidine rings is 1. The van der Waals surface area contributed by atoms with E-state index in [-0.39, 0.29) is 5.60 Å². The average Bonchev–Trinajstić information content (AvgIpc) is 2.48. The van der Waals surface area contributed by atoms with Gasteiger partial charge in [-0.15, -0.1) is 0 Å². The molecule has 1 N–H and O–H groups in total. The van der Waals surface area contributed by atoms with E-state index in [9.17, 15) is 0 Å². The Morgan fingerprint density at radius 3 is 2.75 bits per heavy atom. The van der Waals surface area contributed by atoms with E-state index in [0.29, 0.717) is 12.1 Å².